The van der Waals surface area contributed by atoms with E-state index in [0.29, 0.717) is 5.69 Å². The Morgan fingerprint density at radius 2 is 2.11 bits per heavy atom. The molecule has 0 aromatic heterocycles. The average Bonchev–Trinajstić information content (AvgIpc) is 2.24. The number of hydrogen-bond donors (Lipinski definition) is 3. The first-order chi connectivity index (χ1) is 8.78. The van der Waals surface area contributed by atoms with E-state index in [1.807, 2.05) is 6.07 Å². The third-order valence-electron chi connectivity index (χ3n) is 2.39. The highest BCUT2D eigenvalue weighted by Crippen LogP contribution is 2.10. The second-order valence-electron chi connectivity index (χ2n) is 4.95. The average molecular weight is 262 g/mol. The number of carboxylic acids is 1. The highest BCUT2D eigenvalue weighted by molar-refractivity contribution is 5.92. The van der Waals surface area contributed by atoms with Crippen molar-refractivity contribution >= 4 is 23.6 Å². The number of carbonyl (C=O) groups excluding carboxylic acids is 1. The summed E-state index contributed by atoms with van der Waals surface area (Å²) in [6.45, 7) is 3.32. The molecule has 0 heterocycles. The summed E-state index contributed by atoms with van der Waals surface area (Å²) in [5.41, 5.74) is 6.26. The van der Waals surface area contributed by atoms with E-state index in [1.54, 1.807) is 38.1 Å². The fourth-order valence-corrected chi connectivity index (χ4v) is 1.63. The summed E-state index contributed by atoms with van der Waals surface area (Å²) < 4.78 is 0. The molecule has 1 aromatic rings. The fourth-order valence-electron chi connectivity index (χ4n) is 1.63. The minimum atomic E-state index is -0.954. The molecule has 102 valence electrons. The van der Waals surface area contributed by atoms with E-state index >= 15 is 0 Å². The lowest BCUT2D eigenvalue weighted by atomic mass is 10.0. The van der Waals surface area contributed by atoms with Crippen LogP contribution in [0.5, 0.6) is 0 Å². The molecule has 1 aromatic carbocycles. The number of hydrogen-bond acceptors (Lipinski definition) is 3. The molecular formula is C14H18N2O3. The summed E-state index contributed by atoms with van der Waals surface area (Å²) in [5, 5.41) is 11.4. The van der Waals surface area contributed by atoms with E-state index in [1.165, 1.54) is 6.08 Å². The quantitative estimate of drug-likeness (QED) is 0.555. The van der Waals surface area contributed by atoms with Crippen molar-refractivity contribution in [2.75, 3.05) is 5.73 Å². The lowest BCUT2D eigenvalue weighted by Crippen LogP contribution is -2.44. The number of carboxylic acid groups (broad SMARTS) is 1. The van der Waals surface area contributed by atoms with Crippen LogP contribution in [0.4, 0.5) is 5.69 Å². The first-order valence-electron chi connectivity index (χ1n) is 5.86. The van der Waals surface area contributed by atoms with Crippen LogP contribution in [0.15, 0.2) is 30.3 Å². The molecule has 4 N–H and O–H groups in total. The Bertz CT molecular complexity index is 507. The smallest absolute Gasteiger partial charge is 0.305 e. The Morgan fingerprint density at radius 3 is 2.68 bits per heavy atom. The molecule has 0 aliphatic rings. The number of anilines is 1. The number of carbonyl (C=O) groups is 2. The number of benzene rings is 1. The van der Waals surface area contributed by atoms with E-state index in [9.17, 15) is 9.59 Å². The van der Waals surface area contributed by atoms with Crippen LogP contribution >= 0.6 is 0 Å². The molecule has 0 fully saturated rings. The Labute approximate surface area is 112 Å². The first kappa shape index (κ1) is 14.8. The van der Waals surface area contributed by atoms with E-state index in [4.69, 9.17) is 10.8 Å². The molecule has 1 amide bonds. The third kappa shape index (κ3) is 5.72. The van der Waals surface area contributed by atoms with Crippen LogP contribution in [-0.4, -0.2) is 22.5 Å². The number of amides is 1. The zero-order chi connectivity index (χ0) is 14.5. The van der Waals surface area contributed by atoms with Crippen LogP contribution in [0.1, 0.15) is 25.8 Å². The lowest BCUT2D eigenvalue weighted by Gasteiger charge is -2.23. The van der Waals surface area contributed by atoms with Crippen LogP contribution < -0.4 is 11.1 Å². The standard InChI is InChI=1S/C14H18N2O3/c1-14(2,9-13(18)19)16-12(17)7-6-10-4-3-5-11(15)8-10/h3-8H,9,15H2,1-2H3,(H,16,17)(H,18,19)/b7-6+. The van der Waals surface area contributed by atoms with Gasteiger partial charge in [-0.05, 0) is 37.6 Å². The van der Waals surface area contributed by atoms with Crippen molar-refractivity contribution in [3.8, 4) is 0 Å². The maximum Gasteiger partial charge on any atom is 0.305 e. The van der Waals surface area contributed by atoms with Gasteiger partial charge in [0.25, 0.3) is 0 Å². The van der Waals surface area contributed by atoms with Gasteiger partial charge in [0.15, 0.2) is 0 Å². The molecule has 5 nitrogen and oxygen atoms in total. The van der Waals surface area contributed by atoms with Gasteiger partial charge in [0, 0.05) is 17.3 Å². The van der Waals surface area contributed by atoms with Gasteiger partial charge in [0.1, 0.15) is 0 Å². The van der Waals surface area contributed by atoms with Crippen molar-refractivity contribution in [3.63, 3.8) is 0 Å². The molecule has 0 radical (unpaired) electrons. The molecule has 0 saturated carbocycles. The maximum absolute atomic E-state index is 11.7. The molecule has 1 rings (SSSR count). The van der Waals surface area contributed by atoms with Crippen molar-refractivity contribution in [2.45, 2.75) is 25.8 Å². The molecular weight excluding hydrogens is 244 g/mol. The molecule has 0 atom stereocenters. The van der Waals surface area contributed by atoms with Crippen molar-refractivity contribution in [3.05, 3.63) is 35.9 Å². The summed E-state index contributed by atoms with van der Waals surface area (Å²) in [6.07, 6.45) is 2.85. The van der Waals surface area contributed by atoms with Gasteiger partial charge in [-0.1, -0.05) is 12.1 Å². The van der Waals surface area contributed by atoms with Gasteiger partial charge in [-0.2, -0.15) is 0 Å². The Kier molecular flexibility index (Phi) is 4.69. The van der Waals surface area contributed by atoms with E-state index in [0.717, 1.165) is 5.56 Å². The van der Waals surface area contributed by atoms with Gasteiger partial charge in [-0.15, -0.1) is 0 Å². The Morgan fingerprint density at radius 1 is 1.42 bits per heavy atom. The Balaban J connectivity index is 2.63. The molecule has 0 saturated heterocycles. The van der Waals surface area contributed by atoms with Crippen LogP contribution in [-0.2, 0) is 9.59 Å². The number of nitrogens with one attached hydrogen (secondary N) is 1. The Hall–Kier alpha value is -2.30. The molecule has 0 unspecified atom stereocenters. The third-order valence-corrected chi connectivity index (χ3v) is 2.39. The lowest BCUT2D eigenvalue weighted by molar-refractivity contribution is -0.138. The summed E-state index contributed by atoms with van der Waals surface area (Å²) >= 11 is 0. The minimum Gasteiger partial charge on any atom is -0.481 e. The van der Waals surface area contributed by atoms with Gasteiger partial charge >= 0.3 is 5.97 Å². The van der Waals surface area contributed by atoms with Gasteiger partial charge in [-0.25, -0.2) is 0 Å². The second-order valence-corrected chi connectivity index (χ2v) is 4.95. The predicted molar refractivity (Wildman–Crippen MR) is 74.4 cm³/mol. The summed E-state index contributed by atoms with van der Waals surface area (Å²) in [5.74, 6) is -1.29. The molecule has 5 heteroatoms. The number of aliphatic carboxylic acids is 1. The number of nitrogen functional groups attached to an aromatic ring is 1. The van der Waals surface area contributed by atoms with Gasteiger partial charge in [-0.3, -0.25) is 9.59 Å². The molecule has 19 heavy (non-hydrogen) atoms. The zero-order valence-electron chi connectivity index (χ0n) is 11.0. The highest BCUT2D eigenvalue weighted by Gasteiger charge is 2.22. The van der Waals surface area contributed by atoms with Gasteiger partial charge < -0.3 is 16.2 Å². The topological polar surface area (TPSA) is 92.4 Å². The van der Waals surface area contributed by atoms with E-state index in [2.05, 4.69) is 5.32 Å². The second kappa shape index (κ2) is 6.04. The summed E-state index contributed by atoms with van der Waals surface area (Å²) in [6, 6.07) is 7.11. The van der Waals surface area contributed by atoms with Crippen molar-refractivity contribution < 1.29 is 14.7 Å². The van der Waals surface area contributed by atoms with Crippen LogP contribution in [0.3, 0.4) is 0 Å². The van der Waals surface area contributed by atoms with E-state index < -0.39 is 11.5 Å². The summed E-state index contributed by atoms with van der Waals surface area (Å²) in [7, 11) is 0. The van der Waals surface area contributed by atoms with Crippen LogP contribution in [0, 0.1) is 0 Å². The largest absolute Gasteiger partial charge is 0.481 e. The number of rotatable bonds is 5. The predicted octanol–water partition coefficient (Wildman–Crippen LogP) is 1.65. The van der Waals surface area contributed by atoms with Crippen molar-refractivity contribution in [2.24, 2.45) is 0 Å². The van der Waals surface area contributed by atoms with Crippen molar-refractivity contribution in [1.82, 2.24) is 5.32 Å². The SMILES string of the molecule is CC(C)(CC(=O)O)NC(=O)/C=C/c1cccc(N)c1. The zero-order valence-corrected chi connectivity index (χ0v) is 11.0. The van der Waals surface area contributed by atoms with E-state index in [-0.39, 0.29) is 12.3 Å². The molecule has 0 spiro atoms. The normalized spacial score (nSPS) is 11.5. The first-order valence-corrected chi connectivity index (χ1v) is 5.86. The molecule has 0 bridgehead atoms. The number of nitrogens with two attached hydrogens (primary N) is 1. The van der Waals surface area contributed by atoms with Crippen LogP contribution in [0.2, 0.25) is 0 Å². The molecule has 0 aliphatic heterocycles. The van der Waals surface area contributed by atoms with Crippen molar-refractivity contribution in [1.29, 1.82) is 0 Å². The van der Waals surface area contributed by atoms with Gasteiger partial charge in [0.2, 0.25) is 5.91 Å². The highest BCUT2D eigenvalue weighted by atomic mass is 16.4. The van der Waals surface area contributed by atoms with Gasteiger partial charge in [0.05, 0.1) is 6.42 Å². The fraction of sp³-hybridized carbons (Fsp3) is 0.286. The molecule has 0 aliphatic carbocycles. The monoisotopic (exact) mass is 262 g/mol. The summed E-state index contributed by atoms with van der Waals surface area (Å²) in [4.78, 5) is 22.3. The minimum absolute atomic E-state index is 0.134. The van der Waals surface area contributed by atoms with Crippen LogP contribution in [0.25, 0.3) is 6.08 Å². The maximum atomic E-state index is 11.7.